The van der Waals surface area contributed by atoms with Crippen molar-refractivity contribution >= 4 is 17.8 Å². The van der Waals surface area contributed by atoms with Crippen LogP contribution in [0.2, 0.25) is 0 Å². The van der Waals surface area contributed by atoms with Gasteiger partial charge in [-0.05, 0) is 67.6 Å². The Kier molecular flexibility index (Phi) is 5.13. The summed E-state index contributed by atoms with van der Waals surface area (Å²) in [5.74, 6) is -0.370. The van der Waals surface area contributed by atoms with Crippen molar-refractivity contribution in [1.82, 2.24) is 4.90 Å². The third kappa shape index (κ3) is 3.77. The van der Waals surface area contributed by atoms with Gasteiger partial charge in [-0.15, -0.1) is 0 Å². The fourth-order valence-electron chi connectivity index (χ4n) is 2.95. The molecule has 0 saturated heterocycles. The minimum Gasteiger partial charge on any atom is -0.423 e. The number of hydrogen-bond donors (Lipinski definition) is 0. The van der Waals surface area contributed by atoms with E-state index in [1.165, 1.54) is 23.1 Å². The van der Waals surface area contributed by atoms with Crippen LogP contribution in [-0.4, -0.2) is 29.2 Å². The van der Waals surface area contributed by atoms with Crippen LogP contribution in [-0.2, 0) is 0 Å². The Morgan fingerprint density at radius 3 is 2.33 bits per heavy atom. The van der Waals surface area contributed by atoms with E-state index < -0.39 is 5.97 Å². The third-order valence-electron chi connectivity index (χ3n) is 4.83. The van der Waals surface area contributed by atoms with E-state index in [1.807, 2.05) is 33.8 Å². The number of imide groups is 1. The molecule has 27 heavy (non-hydrogen) atoms. The molecule has 140 valence electrons. The lowest BCUT2D eigenvalue weighted by Gasteiger charge is -2.14. The highest BCUT2D eigenvalue weighted by atomic mass is 16.5. The summed E-state index contributed by atoms with van der Waals surface area (Å²) in [5.41, 5.74) is 2.98. The number of aryl methyl sites for hydroxylation is 2. The topological polar surface area (TPSA) is 63.7 Å². The lowest BCUT2D eigenvalue weighted by molar-refractivity contribution is 0.0647. The van der Waals surface area contributed by atoms with E-state index in [2.05, 4.69) is 0 Å². The second kappa shape index (κ2) is 7.35. The highest BCUT2D eigenvalue weighted by Gasteiger charge is 2.35. The average Bonchev–Trinajstić information content (AvgIpc) is 2.86. The normalized spacial score (nSPS) is 13.3. The fraction of sp³-hybridized carbons (Fsp3) is 0.318. The van der Waals surface area contributed by atoms with Gasteiger partial charge < -0.3 is 4.74 Å². The molecule has 2 amide bonds. The average molecular weight is 365 g/mol. The maximum Gasteiger partial charge on any atom is 0.343 e. The summed E-state index contributed by atoms with van der Waals surface area (Å²) in [6.45, 7) is 8.39. The Bertz CT molecular complexity index is 930. The van der Waals surface area contributed by atoms with Crippen LogP contribution < -0.4 is 4.74 Å². The number of carbonyl (C=O) groups is 3. The number of fused-ring (bicyclic) bond motifs is 1. The van der Waals surface area contributed by atoms with E-state index in [9.17, 15) is 14.4 Å². The van der Waals surface area contributed by atoms with Gasteiger partial charge in [0, 0.05) is 6.54 Å². The Balaban J connectivity index is 1.80. The van der Waals surface area contributed by atoms with Crippen LogP contribution in [0.25, 0.3) is 0 Å². The Labute approximate surface area is 158 Å². The minimum absolute atomic E-state index is 0.249. The summed E-state index contributed by atoms with van der Waals surface area (Å²) in [7, 11) is 0. The molecule has 0 aliphatic carbocycles. The predicted molar refractivity (Wildman–Crippen MR) is 102 cm³/mol. The van der Waals surface area contributed by atoms with Gasteiger partial charge >= 0.3 is 5.97 Å². The lowest BCUT2D eigenvalue weighted by Crippen LogP contribution is -2.31. The van der Waals surface area contributed by atoms with Crippen molar-refractivity contribution in [2.75, 3.05) is 6.54 Å². The summed E-state index contributed by atoms with van der Waals surface area (Å²) < 4.78 is 5.42. The first-order chi connectivity index (χ1) is 12.8. The smallest absolute Gasteiger partial charge is 0.343 e. The second-order valence-electron chi connectivity index (χ2n) is 7.34. The van der Waals surface area contributed by atoms with Crippen LogP contribution in [0, 0.1) is 19.8 Å². The quantitative estimate of drug-likeness (QED) is 0.453. The van der Waals surface area contributed by atoms with Crippen molar-refractivity contribution in [3.05, 3.63) is 64.2 Å². The zero-order chi connectivity index (χ0) is 19.7. The summed E-state index contributed by atoms with van der Waals surface area (Å²) >= 11 is 0. The van der Waals surface area contributed by atoms with Gasteiger partial charge in [0.25, 0.3) is 11.8 Å². The molecule has 5 nitrogen and oxygen atoms in total. The first-order valence-electron chi connectivity index (χ1n) is 9.07. The molecule has 0 radical (unpaired) electrons. The number of amides is 2. The zero-order valence-corrected chi connectivity index (χ0v) is 16.0. The van der Waals surface area contributed by atoms with Crippen LogP contribution in [0.1, 0.15) is 62.5 Å². The molecule has 0 spiro atoms. The largest absolute Gasteiger partial charge is 0.423 e. The predicted octanol–water partition coefficient (Wildman–Crippen LogP) is 4.16. The molecule has 3 rings (SSSR count). The van der Waals surface area contributed by atoms with Gasteiger partial charge in [-0.25, -0.2) is 4.79 Å². The molecule has 0 saturated carbocycles. The maximum atomic E-state index is 12.6. The van der Waals surface area contributed by atoms with Crippen LogP contribution in [0.5, 0.6) is 5.75 Å². The van der Waals surface area contributed by atoms with E-state index in [0.717, 1.165) is 17.5 Å². The number of carbonyl (C=O) groups excluding carboxylic acids is 3. The second-order valence-corrected chi connectivity index (χ2v) is 7.34. The van der Waals surface area contributed by atoms with Crippen molar-refractivity contribution in [1.29, 1.82) is 0 Å². The highest BCUT2D eigenvalue weighted by molar-refractivity contribution is 6.22. The molecule has 0 fully saturated rings. The van der Waals surface area contributed by atoms with Crippen LogP contribution in [0.4, 0.5) is 0 Å². The van der Waals surface area contributed by atoms with E-state index in [4.69, 9.17) is 4.74 Å². The maximum absolute atomic E-state index is 12.6. The molecular formula is C22H23NO4. The number of hydrogen-bond acceptors (Lipinski definition) is 4. The molecule has 2 aromatic rings. The van der Waals surface area contributed by atoms with Crippen LogP contribution in [0.15, 0.2) is 36.4 Å². The summed E-state index contributed by atoms with van der Waals surface area (Å²) in [4.78, 5) is 38.8. The molecule has 0 bridgehead atoms. The van der Waals surface area contributed by atoms with Crippen molar-refractivity contribution in [3.63, 3.8) is 0 Å². The number of esters is 1. The molecule has 0 unspecified atom stereocenters. The first-order valence-corrected chi connectivity index (χ1v) is 9.07. The summed E-state index contributed by atoms with van der Waals surface area (Å²) in [6.07, 6.45) is 0.743. The number of ether oxygens (including phenoxy) is 1. The fourth-order valence-corrected chi connectivity index (χ4v) is 2.95. The minimum atomic E-state index is -0.554. The van der Waals surface area contributed by atoms with E-state index in [1.54, 1.807) is 12.1 Å². The van der Waals surface area contributed by atoms with Gasteiger partial charge in [-0.3, -0.25) is 14.5 Å². The Morgan fingerprint density at radius 2 is 1.67 bits per heavy atom. The molecule has 5 heteroatoms. The van der Waals surface area contributed by atoms with Gasteiger partial charge in [0.15, 0.2) is 0 Å². The van der Waals surface area contributed by atoms with Crippen molar-refractivity contribution in [2.45, 2.75) is 34.1 Å². The SMILES string of the molecule is Cc1ccc(OC(=O)c2ccc3c(c2)C(=O)N(CCC(C)C)C3=O)cc1C. The van der Waals surface area contributed by atoms with E-state index >= 15 is 0 Å². The summed E-state index contributed by atoms with van der Waals surface area (Å²) in [5, 5.41) is 0. The first kappa shape index (κ1) is 18.8. The number of rotatable bonds is 5. The molecule has 2 aromatic carbocycles. The van der Waals surface area contributed by atoms with Gasteiger partial charge in [-0.2, -0.15) is 0 Å². The molecule has 0 atom stereocenters. The molecule has 1 aliphatic heterocycles. The molecule has 0 N–H and O–H groups in total. The third-order valence-corrected chi connectivity index (χ3v) is 4.83. The molecular weight excluding hydrogens is 342 g/mol. The number of benzene rings is 2. The lowest BCUT2D eigenvalue weighted by atomic mass is 10.1. The molecule has 1 aliphatic rings. The van der Waals surface area contributed by atoms with Gasteiger partial charge in [-0.1, -0.05) is 19.9 Å². The monoisotopic (exact) mass is 365 g/mol. The van der Waals surface area contributed by atoms with Gasteiger partial charge in [0.05, 0.1) is 16.7 Å². The van der Waals surface area contributed by atoms with Crippen molar-refractivity contribution in [2.24, 2.45) is 5.92 Å². The van der Waals surface area contributed by atoms with Crippen LogP contribution >= 0.6 is 0 Å². The van der Waals surface area contributed by atoms with Gasteiger partial charge in [0.2, 0.25) is 0 Å². The Hall–Kier alpha value is -2.95. The van der Waals surface area contributed by atoms with Crippen LogP contribution in [0.3, 0.4) is 0 Å². The van der Waals surface area contributed by atoms with E-state index in [-0.39, 0.29) is 22.9 Å². The highest BCUT2D eigenvalue weighted by Crippen LogP contribution is 2.26. The standard InChI is InChI=1S/C22H23NO4/c1-13(2)9-10-23-20(24)18-8-6-16(12-19(18)21(23)25)22(26)27-17-7-5-14(3)15(4)11-17/h5-8,11-13H,9-10H2,1-4H3. The van der Waals surface area contributed by atoms with Gasteiger partial charge in [0.1, 0.15) is 5.75 Å². The van der Waals surface area contributed by atoms with Crippen molar-refractivity contribution in [3.8, 4) is 5.75 Å². The number of nitrogens with zero attached hydrogens (tertiary/aromatic N) is 1. The molecule has 0 aromatic heterocycles. The molecule has 1 heterocycles. The zero-order valence-electron chi connectivity index (χ0n) is 16.0. The Morgan fingerprint density at radius 1 is 0.963 bits per heavy atom. The van der Waals surface area contributed by atoms with Crippen molar-refractivity contribution < 1.29 is 19.1 Å². The summed E-state index contributed by atoms with van der Waals surface area (Å²) in [6, 6.07) is 9.92. The van der Waals surface area contributed by atoms with E-state index in [0.29, 0.717) is 23.8 Å².